The first-order valence-electron chi connectivity index (χ1n) is 8.24. The average molecular weight is 370 g/mol. The summed E-state index contributed by atoms with van der Waals surface area (Å²) in [6, 6.07) is 14.8. The maximum Gasteiger partial charge on any atom is 0.270 e. The highest BCUT2D eigenvalue weighted by Gasteiger charge is 2.33. The van der Waals surface area contributed by atoms with Crippen molar-refractivity contribution in [2.24, 2.45) is 0 Å². The van der Waals surface area contributed by atoms with Crippen LogP contribution in [0.5, 0.6) is 5.75 Å². The van der Waals surface area contributed by atoms with Crippen LogP contribution in [-0.4, -0.2) is 15.3 Å². The second-order valence-corrected chi connectivity index (χ2v) is 7.55. The molecule has 3 nitrogen and oxygen atoms in total. The molecule has 2 aromatic rings. The summed E-state index contributed by atoms with van der Waals surface area (Å²) in [4.78, 5) is 14.9. The van der Waals surface area contributed by atoms with E-state index in [0.29, 0.717) is 9.23 Å². The molecule has 0 bridgehead atoms. The van der Waals surface area contributed by atoms with E-state index < -0.39 is 0 Å². The average Bonchev–Trinajstić information content (AvgIpc) is 2.89. The predicted octanol–water partition coefficient (Wildman–Crippen LogP) is 5.14. The molecule has 2 aromatic carbocycles. The molecular formula is C20H19NO2S2. The highest BCUT2D eigenvalue weighted by Crippen LogP contribution is 2.36. The maximum atomic E-state index is 12.7. The van der Waals surface area contributed by atoms with E-state index in [1.165, 1.54) is 23.7 Å². The Balaban J connectivity index is 1.80. The number of aromatic hydroxyl groups is 1. The topological polar surface area (TPSA) is 40.5 Å². The van der Waals surface area contributed by atoms with Crippen molar-refractivity contribution in [1.82, 2.24) is 0 Å². The Morgan fingerprint density at radius 2 is 1.80 bits per heavy atom. The van der Waals surface area contributed by atoms with Crippen molar-refractivity contribution in [3.8, 4) is 5.75 Å². The molecule has 1 aliphatic rings. The number of thiocarbonyl (C=S) groups is 1. The van der Waals surface area contributed by atoms with Crippen molar-refractivity contribution in [1.29, 1.82) is 0 Å². The van der Waals surface area contributed by atoms with Gasteiger partial charge < -0.3 is 5.11 Å². The fourth-order valence-electron chi connectivity index (χ4n) is 2.60. The zero-order chi connectivity index (χ0) is 17.8. The SMILES string of the molecule is CCCCc1ccc(N2C(=O)C(=Cc3ccc(O)cc3)SC2=S)cc1. The fraction of sp³-hybridized carbons (Fsp3) is 0.200. The van der Waals surface area contributed by atoms with Crippen LogP contribution in [-0.2, 0) is 11.2 Å². The molecule has 5 heteroatoms. The van der Waals surface area contributed by atoms with Gasteiger partial charge >= 0.3 is 0 Å². The summed E-state index contributed by atoms with van der Waals surface area (Å²) in [6.45, 7) is 2.18. The van der Waals surface area contributed by atoms with Gasteiger partial charge in [-0.25, -0.2) is 0 Å². The largest absolute Gasteiger partial charge is 0.508 e. The number of amides is 1. The molecule has 1 saturated heterocycles. The zero-order valence-electron chi connectivity index (χ0n) is 13.9. The summed E-state index contributed by atoms with van der Waals surface area (Å²) in [7, 11) is 0. The van der Waals surface area contributed by atoms with E-state index in [1.54, 1.807) is 35.2 Å². The Labute approximate surface area is 157 Å². The summed E-state index contributed by atoms with van der Waals surface area (Å²) in [5.41, 5.74) is 2.93. The van der Waals surface area contributed by atoms with Crippen LogP contribution in [0.1, 0.15) is 30.9 Å². The number of phenols is 1. The number of hydrogen-bond acceptors (Lipinski definition) is 4. The number of hydrogen-bond donors (Lipinski definition) is 1. The molecule has 1 heterocycles. The van der Waals surface area contributed by atoms with Crippen molar-refractivity contribution in [3.05, 3.63) is 64.6 Å². The maximum absolute atomic E-state index is 12.7. The molecule has 0 spiro atoms. The number of carbonyl (C=O) groups is 1. The molecule has 0 radical (unpaired) electrons. The van der Waals surface area contributed by atoms with Crippen LogP contribution in [0.25, 0.3) is 6.08 Å². The molecule has 1 N–H and O–H groups in total. The van der Waals surface area contributed by atoms with E-state index in [2.05, 4.69) is 19.1 Å². The Hall–Kier alpha value is -2.11. The van der Waals surface area contributed by atoms with Gasteiger partial charge in [-0.15, -0.1) is 0 Å². The number of nitrogens with zero attached hydrogens (tertiary/aromatic N) is 1. The summed E-state index contributed by atoms with van der Waals surface area (Å²) in [5.74, 6) is 0.0947. The van der Waals surface area contributed by atoms with Crippen LogP contribution in [0.3, 0.4) is 0 Å². The van der Waals surface area contributed by atoms with Gasteiger partial charge in [0.2, 0.25) is 0 Å². The first-order chi connectivity index (χ1) is 12.1. The number of thioether (sulfide) groups is 1. The van der Waals surface area contributed by atoms with E-state index >= 15 is 0 Å². The minimum absolute atomic E-state index is 0.107. The Kier molecular flexibility index (Phi) is 5.56. The molecule has 0 saturated carbocycles. The first-order valence-corrected chi connectivity index (χ1v) is 9.47. The second-order valence-electron chi connectivity index (χ2n) is 5.88. The minimum Gasteiger partial charge on any atom is -0.508 e. The van der Waals surface area contributed by atoms with Gasteiger partial charge in [0.1, 0.15) is 5.75 Å². The van der Waals surface area contributed by atoms with E-state index in [4.69, 9.17) is 12.2 Å². The number of aryl methyl sites for hydroxylation is 1. The van der Waals surface area contributed by atoms with Gasteiger partial charge in [0.05, 0.1) is 10.6 Å². The van der Waals surface area contributed by atoms with Crippen LogP contribution in [0.15, 0.2) is 53.4 Å². The molecule has 0 aliphatic carbocycles. The number of benzene rings is 2. The Morgan fingerprint density at radius 1 is 1.12 bits per heavy atom. The summed E-state index contributed by atoms with van der Waals surface area (Å²) in [5, 5.41) is 9.36. The Morgan fingerprint density at radius 3 is 2.44 bits per heavy atom. The highest BCUT2D eigenvalue weighted by atomic mass is 32.2. The van der Waals surface area contributed by atoms with Crippen molar-refractivity contribution < 1.29 is 9.90 Å². The van der Waals surface area contributed by atoms with Gasteiger partial charge in [-0.2, -0.15) is 0 Å². The van der Waals surface area contributed by atoms with Crippen LogP contribution >= 0.6 is 24.0 Å². The molecule has 1 aliphatic heterocycles. The van der Waals surface area contributed by atoms with Crippen LogP contribution in [0, 0.1) is 0 Å². The number of anilines is 1. The molecule has 128 valence electrons. The van der Waals surface area contributed by atoms with Crippen LogP contribution in [0.4, 0.5) is 5.69 Å². The predicted molar refractivity (Wildman–Crippen MR) is 109 cm³/mol. The van der Waals surface area contributed by atoms with Gasteiger partial charge in [-0.3, -0.25) is 9.69 Å². The standard InChI is InChI=1S/C20H19NO2S2/c1-2-3-4-14-5-9-16(10-6-14)21-19(23)18(25-20(21)24)13-15-7-11-17(22)12-8-15/h5-13,22H,2-4H2,1H3. The highest BCUT2D eigenvalue weighted by molar-refractivity contribution is 8.27. The number of phenolic OH excluding ortho intramolecular Hbond substituents is 1. The Bertz CT molecular complexity index is 811. The van der Waals surface area contributed by atoms with E-state index in [1.807, 2.05) is 12.1 Å². The van der Waals surface area contributed by atoms with Crippen LogP contribution in [0.2, 0.25) is 0 Å². The van der Waals surface area contributed by atoms with Gasteiger partial charge in [0.15, 0.2) is 4.32 Å². The molecule has 0 aromatic heterocycles. The van der Waals surface area contributed by atoms with Crippen molar-refractivity contribution in [2.45, 2.75) is 26.2 Å². The van der Waals surface area contributed by atoms with Crippen molar-refractivity contribution in [2.75, 3.05) is 4.90 Å². The number of carbonyl (C=O) groups excluding carboxylic acids is 1. The van der Waals surface area contributed by atoms with Crippen molar-refractivity contribution in [3.63, 3.8) is 0 Å². The fourth-order valence-corrected chi connectivity index (χ4v) is 3.90. The van der Waals surface area contributed by atoms with Crippen molar-refractivity contribution >= 4 is 46.0 Å². The molecule has 25 heavy (non-hydrogen) atoms. The lowest BCUT2D eigenvalue weighted by Crippen LogP contribution is -2.27. The lowest BCUT2D eigenvalue weighted by atomic mass is 10.1. The molecule has 0 unspecified atom stereocenters. The number of rotatable bonds is 5. The monoisotopic (exact) mass is 369 g/mol. The van der Waals surface area contributed by atoms with E-state index in [-0.39, 0.29) is 11.7 Å². The van der Waals surface area contributed by atoms with E-state index in [9.17, 15) is 9.90 Å². The van der Waals surface area contributed by atoms with Gasteiger partial charge in [-0.1, -0.05) is 61.6 Å². The lowest BCUT2D eigenvalue weighted by molar-refractivity contribution is -0.113. The minimum atomic E-state index is -0.107. The van der Waals surface area contributed by atoms with Crippen LogP contribution < -0.4 is 4.90 Å². The molecule has 3 rings (SSSR count). The summed E-state index contributed by atoms with van der Waals surface area (Å²) < 4.78 is 0.538. The third-order valence-corrected chi connectivity index (χ3v) is 5.30. The second kappa shape index (κ2) is 7.85. The molecule has 1 fully saturated rings. The van der Waals surface area contributed by atoms with Gasteiger partial charge in [0.25, 0.3) is 5.91 Å². The molecule has 1 amide bonds. The number of unbranched alkanes of at least 4 members (excludes halogenated alkanes) is 1. The third-order valence-electron chi connectivity index (χ3n) is 4.00. The van der Waals surface area contributed by atoms with Gasteiger partial charge in [-0.05, 0) is 54.3 Å². The summed E-state index contributed by atoms with van der Waals surface area (Å²) >= 11 is 6.70. The molecule has 0 atom stereocenters. The quantitative estimate of drug-likeness (QED) is 0.585. The smallest absolute Gasteiger partial charge is 0.270 e. The van der Waals surface area contributed by atoms with E-state index in [0.717, 1.165) is 24.1 Å². The first kappa shape index (κ1) is 17.7. The third kappa shape index (κ3) is 4.11. The molecular weight excluding hydrogens is 350 g/mol. The normalized spacial score (nSPS) is 16.0. The lowest BCUT2D eigenvalue weighted by Gasteiger charge is -2.15. The summed E-state index contributed by atoms with van der Waals surface area (Å²) in [6.07, 6.45) is 5.18. The van der Waals surface area contributed by atoms with Gasteiger partial charge in [0, 0.05) is 0 Å². The zero-order valence-corrected chi connectivity index (χ0v) is 15.6.